The summed E-state index contributed by atoms with van der Waals surface area (Å²) < 4.78 is 14.7. The van der Waals surface area contributed by atoms with Crippen molar-refractivity contribution in [3.8, 4) is 11.7 Å². The monoisotopic (exact) mass is 310 g/mol. The zero-order valence-electron chi connectivity index (χ0n) is 11.7. The molecule has 0 aliphatic heterocycles. The highest BCUT2D eigenvalue weighted by Crippen LogP contribution is 2.19. The maximum Gasteiger partial charge on any atom is 0.369 e. The Balaban J connectivity index is 1.96. The van der Waals surface area contributed by atoms with Crippen LogP contribution in [0, 0.1) is 0 Å². The average Bonchev–Trinajstić information content (AvgIpc) is 3.05. The number of hydrogen-bond donors (Lipinski definition) is 1. The van der Waals surface area contributed by atoms with Gasteiger partial charge >= 0.3 is 5.69 Å². The van der Waals surface area contributed by atoms with Gasteiger partial charge in [-0.1, -0.05) is 11.6 Å². The van der Waals surface area contributed by atoms with Gasteiger partial charge in [-0.3, -0.25) is 5.09 Å². The molecule has 0 atom stereocenters. The third kappa shape index (κ3) is 2.48. The molecule has 3 heterocycles. The van der Waals surface area contributed by atoms with E-state index < -0.39 is 5.69 Å². The Hall–Kier alpha value is -2.75. The molecule has 0 fully saturated rings. The summed E-state index contributed by atoms with van der Waals surface area (Å²) in [5, 5.41) is 12.1. The van der Waals surface area contributed by atoms with Gasteiger partial charge in [0.1, 0.15) is 18.1 Å². The summed E-state index contributed by atoms with van der Waals surface area (Å²) in [6, 6.07) is 1.51. The third-order valence-corrected chi connectivity index (χ3v) is 2.92. The maximum absolute atomic E-state index is 11.9. The van der Waals surface area contributed by atoms with Gasteiger partial charge in [0, 0.05) is 19.3 Å². The lowest BCUT2D eigenvalue weighted by molar-refractivity contribution is 0.292. The summed E-state index contributed by atoms with van der Waals surface area (Å²) in [4.78, 5) is 19.8. The molecular formula is C10H9ClN8O2. The summed E-state index contributed by atoms with van der Waals surface area (Å²) >= 11 is 6.05. The van der Waals surface area contributed by atoms with Crippen molar-refractivity contribution in [1.29, 1.82) is 0 Å². The molecular weight excluding hydrogens is 300 g/mol. The van der Waals surface area contributed by atoms with E-state index in [1.165, 1.54) is 25.6 Å². The highest BCUT2D eigenvalue weighted by Gasteiger charge is 2.17. The summed E-state index contributed by atoms with van der Waals surface area (Å²) in [7, 11) is 1.46. The van der Waals surface area contributed by atoms with E-state index in [-0.39, 0.29) is 23.5 Å². The van der Waals surface area contributed by atoms with Crippen molar-refractivity contribution in [3.63, 3.8) is 0 Å². The van der Waals surface area contributed by atoms with Gasteiger partial charge in [0.2, 0.25) is 5.88 Å². The Labute approximate surface area is 123 Å². The highest BCUT2D eigenvalue weighted by atomic mass is 35.5. The van der Waals surface area contributed by atoms with E-state index in [1.54, 1.807) is 0 Å². The predicted molar refractivity (Wildman–Crippen MR) is 70.1 cm³/mol. The van der Waals surface area contributed by atoms with E-state index in [0.717, 1.165) is 14.5 Å². The van der Waals surface area contributed by atoms with Crippen molar-refractivity contribution >= 4 is 11.6 Å². The number of H-pyrrole nitrogens is 1. The number of rotatable bonds is 4. The Bertz CT molecular complexity index is 872. The molecule has 108 valence electrons. The SMILES string of the molecule is [3H]n1ccc(OCc2c(Cl)ncnc2-n2nnn(C)c2=O)n1. The number of nitrogens with zero attached hydrogens (tertiary/aromatic N) is 7. The number of hydrogen-bond acceptors (Lipinski definition) is 7. The summed E-state index contributed by atoms with van der Waals surface area (Å²) in [5.41, 5.74) is -0.127. The molecule has 11 heteroatoms. The van der Waals surface area contributed by atoms with Crippen LogP contribution in [0.4, 0.5) is 0 Å². The highest BCUT2D eigenvalue weighted by molar-refractivity contribution is 6.30. The second-order valence-corrected chi connectivity index (χ2v) is 4.28. The molecule has 0 amide bonds. The number of ether oxygens (including phenoxy) is 1. The summed E-state index contributed by atoms with van der Waals surface area (Å²) in [6.45, 7) is -0.0466. The van der Waals surface area contributed by atoms with Gasteiger partial charge in [0.25, 0.3) is 0 Å². The number of aromatic amines is 1. The molecule has 0 spiro atoms. The van der Waals surface area contributed by atoms with Crippen molar-refractivity contribution in [2.45, 2.75) is 6.61 Å². The van der Waals surface area contributed by atoms with E-state index in [4.69, 9.17) is 17.7 Å². The molecule has 0 aliphatic carbocycles. The number of tetrazole rings is 1. The Morgan fingerprint density at radius 2 is 2.33 bits per heavy atom. The van der Waals surface area contributed by atoms with E-state index in [0.29, 0.717) is 5.56 Å². The number of nitrogens with one attached hydrogen (secondary N) is 1. The summed E-state index contributed by atoms with van der Waals surface area (Å²) in [5.74, 6) is 0.399. The van der Waals surface area contributed by atoms with Crippen LogP contribution in [0.5, 0.6) is 5.88 Å². The molecule has 3 aromatic rings. The van der Waals surface area contributed by atoms with Gasteiger partial charge in [0.15, 0.2) is 7.23 Å². The third-order valence-electron chi connectivity index (χ3n) is 2.60. The molecule has 0 saturated heterocycles. The molecule has 3 rings (SSSR count). The van der Waals surface area contributed by atoms with Gasteiger partial charge in [-0.25, -0.2) is 14.8 Å². The van der Waals surface area contributed by atoms with Crippen LogP contribution in [0.3, 0.4) is 0 Å². The molecule has 0 unspecified atom stereocenters. The second-order valence-electron chi connectivity index (χ2n) is 3.92. The van der Waals surface area contributed by atoms with Crippen LogP contribution in [0.1, 0.15) is 5.56 Å². The van der Waals surface area contributed by atoms with Crippen molar-refractivity contribution in [3.05, 3.63) is 39.8 Å². The fraction of sp³-hybridized carbons (Fsp3) is 0.200. The smallest absolute Gasteiger partial charge is 0.369 e. The van der Waals surface area contributed by atoms with Crippen LogP contribution in [0.15, 0.2) is 23.4 Å². The van der Waals surface area contributed by atoms with Crippen LogP contribution < -0.4 is 10.4 Å². The van der Waals surface area contributed by atoms with Gasteiger partial charge in [0.05, 0.1) is 5.56 Å². The fourth-order valence-electron chi connectivity index (χ4n) is 1.58. The van der Waals surface area contributed by atoms with Crippen LogP contribution in [-0.2, 0) is 13.7 Å². The number of aromatic nitrogens is 8. The largest absolute Gasteiger partial charge is 0.471 e. The minimum Gasteiger partial charge on any atom is -0.471 e. The molecule has 10 nitrogen and oxygen atoms in total. The molecule has 0 bridgehead atoms. The molecule has 0 aromatic carbocycles. The Morgan fingerprint density at radius 1 is 1.48 bits per heavy atom. The van der Waals surface area contributed by atoms with E-state index in [2.05, 4.69) is 25.5 Å². The normalized spacial score (nSPS) is 11.4. The zero-order valence-corrected chi connectivity index (χ0v) is 11.5. The first-order chi connectivity index (χ1) is 10.6. The lowest BCUT2D eigenvalue weighted by Crippen LogP contribution is -2.24. The number of aryl methyl sites for hydroxylation is 1. The van der Waals surface area contributed by atoms with Gasteiger partial charge in [-0.2, -0.15) is 4.68 Å². The van der Waals surface area contributed by atoms with Crippen LogP contribution in [0.2, 0.25) is 6.56 Å². The van der Waals surface area contributed by atoms with E-state index in [9.17, 15) is 4.79 Å². The molecule has 3 aromatic heterocycles. The second kappa shape index (κ2) is 5.32. The first-order valence-corrected chi connectivity index (χ1v) is 6.10. The molecule has 0 radical (unpaired) electrons. The molecule has 0 saturated carbocycles. The van der Waals surface area contributed by atoms with E-state index >= 15 is 0 Å². The molecule has 0 aliphatic rings. The minimum atomic E-state index is -0.480. The zero-order chi connectivity index (χ0) is 15.7. The van der Waals surface area contributed by atoms with Crippen LogP contribution >= 0.6 is 11.6 Å². The first kappa shape index (κ1) is 12.0. The first-order valence-electron chi connectivity index (χ1n) is 6.17. The van der Waals surface area contributed by atoms with Gasteiger partial charge < -0.3 is 4.74 Å². The molecule has 21 heavy (non-hydrogen) atoms. The van der Waals surface area contributed by atoms with Gasteiger partial charge in [-0.15, -0.1) is 9.78 Å². The summed E-state index contributed by atoms with van der Waals surface area (Å²) in [6.07, 6.45) is 2.62. The number of halogens is 1. The van der Waals surface area contributed by atoms with Crippen molar-refractivity contribution in [2.75, 3.05) is 0 Å². The fourth-order valence-corrected chi connectivity index (χ4v) is 1.76. The topological polar surface area (TPSA) is 116 Å². The molecule has 1 N–H and O–H groups in total. The lowest BCUT2D eigenvalue weighted by Gasteiger charge is -2.08. The van der Waals surface area contributed by atoms with Crippen LogP contribution in [0.25, 0.3) is 5.82 Å². The minimum absolute atomic E-state index is 0.0466. The van der Waals surface area contributed by atoms with Crippen molar-refractivity contribution < 1.29 is 6.15 Å². The maximum atomic E-state index is 11.9. The average molecular weight is 311 g/mol. The van der Waals surface area contributed by atoms with Crippen molar-refractivity contribution in [1.82, 2.24) is 39.9 Å². The lowest BCUT2D eigenvalue weighted by atomic mass is 10.3. The predicted octanol–water partition coefficient (Wildman–Crippen LogP) is -0.289. The van der Waals surface area contributed by atoms with E-state index in [1.807, 2.05) is 0 Å². The quantitative estimate of drug-likeness (QED) is 0.658. The van der Waals surface area contributed by atoms with Gasteiger partial charge in [-0.05, 0) is 10.4 Å². The Morgan fingerprint density at radius 3 is 3.00 bits per heavy atom. The van der Waals surface area contributed by atoms with Crippen molar-refractivity contribution in [2.24, 2.45) is 7.05 Å². The Kier molecular flexibility index (Phi) is 3.05. The standard InChI is InChI=1S/C10H9ClN8O2/c1-18-10(20)19(17-16-18)9-6(8(11)12-5-13-9)4-21-7-2-3-14-15-7/h2-3,5H,4H2,1H3,(H,14,15)/i/hT. The van der Waals surface area contributed by atoms with Crippen LogP contribution in [-0.4, -0.2) is 39.9 Å².